The Kier molecular flexibility index (Phi) is 5.56. The Morgan fingerprint density at radius 1 is 1.05 bits per heavy atom. The quantitative estimate of drug-likeness (QED) is 0.650. The molecule has 2 aromatic rings. The molecule has 4 nitrogen and oxygen atoms in total. The van der Waals surface area contributed by atoms with Crippen molar-refractivity contribution in [3.63, 3.8) is 0 Å². The van der Waals surface area contributed by atoms with Gasteiger partial charge in [0.15, 0.2) is 0 Å². The Bertz CT molecular complexity index is 647. The molecule has 112 valence electrons. The van der Waals surface area contributed by atoms with E-state index in [1.54, 1.807) is 18.3 Å². The molecule has 1 N–H and O–H groups in total. The van der Waals surface area contributed by atoms with Gasteiger partial charge in [-0.05, 0) is 55.8 Å². The highest BCUT2D eigenvalue weighted by atomic mass is 15.3. The molecule has 0 heterocycles. The van der Waals surface area contributed by atoms with Crippen LogP contribution in [0, 0.1) is 11.3 Å². The van der Waals surface area contributed by atoms with Gasteiger partial charge in [0, 0.05) is 18.8 Å². The third-order valence-corrected chi connectivity index (χ3v) is 3.44. The van der Waals surface area contributed by atoms with Crippen molar-refractivity contribution in [2.75, 3.05) is 23.4 Å². The van der Waals surface area contributed by atoms with Crippen LogP contribution in [0.5, 0.6) is 0 Å². The van der Waals surface area contributed by atoms with Crippen molar-refractivity contribution in [3.05, 3.63) is 59.7 Å². The lowest BCUT2D eigenvalue weighted by atomic mass is 10.2. The summed E-state index contributed by atoms with van der Waals surface area (Å²) in [5.74, 6) is 0. The van der Waals surface area contributed by atoms with Crippen LogP contribution in [0.3, 0.4) is 0 Å². The van der Waals surface area contributed by atoms with E-state index < -0.39 is 0 Å². The zero-order chi connectivity index (χ0) is 15.8. The van der Waals surface area contributed by atoms with Gasteiger partial charge in [0.2, 0.25) is 0 Å². The third-order valence-electron chi connectivity index (χ3n) is 3.44. The van der Waals surface area contributed by atoms with E-state index in [2.05, 4.69) is 59.6 Å². The SMILES string of the molecule is CCN(CC)c1ccc(/C=N/Nc2ccc(C#N)cc2)cc1. The number of hydrogen-bond donors (Lipinski definition) is 1. The molecule has 0 aliphatic heterocycles. The first-order valence-electron chi connectivity index (χ1n) is 7.41. The number of nitrogens with one attached hydrogen (secondary N) is 1. The molecule has 0 radical (unpaired) electrons. The van der Waals surface area contributed by atoms with Gasteiger partial charge in [0.1, 0.15) is 0 Å². The van der Waals surface area contributed by atoms with Gasteiger partial charge >= 0.3 is 0 Å². The van der Waals surface area contributed by atoms with E-state index in [4.69, 9.17) is 5.26 Å². The number of benzene rings is 2. The molecular weight excluding hydrogens is 272 g/mol. The predicted octanol–water partition coefficient (Wildman–Crippen LogP) is 3.85. The van der Waals surface area contributed by atoms with Gasteiger partial charge in [-0.25, -0.2) is 0 Å². The summed E-state index contributed by atoms with van der Waals surface area (Å²) < 4.78 is 0. The summed E-state index contributed by atoms with van der Waals surface area (Å²) in [7, 11) is 0. The summed E-state index contributed by atoms with van der Waals surface area (Å²) in [4.78, 5) is 2.30. The monoisotopic (exact) mass is 292 g/mol. The topological polar surface area (TPSA) is 51.4 Å². The normalized spacial score (nSPS) is 10.4. The number of rotatable bonds is 6. The fourth-order valence-electron chi connectivity index (χ4n) is 2.16. The molecule has 0 saturated carbocycles. The zero-order valence-electron chi connectivity index (χ0n) is 13.0. The zero-order valence-corrected chi connectivity index (χ0v) is 13.0. The van der Waals surface area contributed by atoms with Crippen LogP contribution in [0.2, 0.25) is 0 Å². The predicted molar refractivity (Wildman–Crippen MR) is 92.4 cm³/mol. The van der Waals surface area contributed by atoms with E-state index >= 15 is 0 Å². The Morgan fingerprint density at radius 2 is 1.68 bits per heavy atom. The Hall–Kier alpha value is -2.80. The third kappa shape index (κ3) is 4.10. The molecule has 4 heteroatoms. The summed E-state index contributed by atoms with van der Waals surface area (Å²) >= 11 is 0. The second-order valence-electron chi connectivity index (χ2n) is 4.82. The highest BCUT2D eigenvalue weighted by Crippen LogP contribution is 2.14. The standard InChI is InChI=1S/C18H20N4/c1-3-22(4-2)18-11-7-16(8-12-18)14-20-21-17-9-5-15(13-19)6-10-17/h5-12,14,21H,3-4H2,1-2H3/b20-14+. The lowest BCUT2D eigenvalue weighted by Gasteiger charge is -2.20. The van der Waals surface area contributed by atoms with E-state index in [1.807, 2.05) is 12.1 Å². The molecule has 0 aromatic heterocycles. The molecule has 0 spiro atoms. The molecule has 0 aliphatic carbocycles. The first-order chi connectivity index (χ1) is 10.8. The number of nitriles is 1. The first kappa shape index (κ1) is 15.6. The van der Waals surface area contributed by atoms with E-state index in [0.29, 0.717) is 5.56 Å². The first-order valence-corrected chi connectivity index (χ1v) is 7.41. The largest absolute Gasteiger partial charge is 0.372 e. The molecule has 0 bridgehead atoms. The summed E-state index contributed by atoms with van der Waals surface area (Å²) in [5.41, 5.74) is 6.71. The maximum atomic E-state index is 8.75. The van der Waals surface area contributed by atoms with E-state index in [-0.39, 0.29) is 0 Å². The van der Waals surface area contributed by atoms with Crippen molar-refractivity contribution in [2.24, 2.45) is 5.10 Å². The molecule has 0 unspecified atom stereocenters. The molecular formula is C18H20N4. The molecule has 0 amide bonds. The Labute approximate surface area is 131 Å². The molecule has 0 fully saturated rings. The van der Waals surface area contributed by atoms with Gasteiger partial charge in [-0.2, -0.15) is 10.4 Å². The molecule has 2 rings (SSSR count). The minimum absolute atomic E-state index is 0.640. The maximum Gasteiger partial charge on any atom is 0.0991 e. The van der Waals surface area contributed by atoms with Crippen LogP contribution in [0.25, 0.3) is 0 Å². The van der Waals surface area contributed by atoms with Crippen LogP contribution in [-0.4, -0.2) is 19.3 Å². The lowest BCUT2D eigenvalue weighted by molar-refractivity contribution is 0.866. The van der Waals surface area contributed by atoms with Crippen LogP contribution in [0.1, 0.15) is 25.0 Å². The molecule has 0 saturated heterocycles. The number of hydrogen-bond acceptors (Lipinski definition) is 4. The summed E-state index contributed by atoms with van der Waals surface area (Å²) in [6, 6.07) is 17.6. The highest BCUT2D eigenvalue weighted by Gasteiger charge is 2.00. The van der Waals surface area contributed by atoms with Gasteiger partial charge in [0.25, 0.3) is 0 Å². The van der Waals surface area contributed by atoms with Crippen LogP contribution in [0.15, 0.2) is 53.6 Å². The van der Waals surface area contributed by atoms with Gasteiger partial charge in [0.05, 0.1) is 23.5 Å². The van der Waals surface area contributed by atoms with Crippen molar-refractivity contribution < 1.29 is 0 Å². The Balaban J connectivity index is 1.96. The minimum Gasteiger partial charge on any atom is -0.372 e. The van der Waals surface area contributed by atoms with Gasteiger partial charge < -0.3 is 4.90 Å². The van der Waals surface area contributed by atoms with Crippen LogP contribution in [0.4, 0.5) is 11.4 Å². The maximum absolute atomic E-state index is 8.75. The fourth-order valence-corrected chi connectivity index (χ4v) is 2.16. The van der Waals surface area contributed by atoms with E-state index in [9.17, 15) is 0 Å². The van der Waals surface area contributed by atoms with Crippen LogP contribution in [-0.2, 0) is 0 Å². The van der Waals surface area contributed by atoms with Gasteiger partial charge in [-0.1, -0.05) is 12.1 Å². The van der Waals surface area contributed by atoms with Crippen molar-refractivity contribution >= 4 is 17.6 Å². The highest BCUT2D eigenvalue weighted by molar-refractivity contribution is 5.81. The average Bonchev–Trinajstić information content (AvgIpc) is 2.58. The summed E-state index contributed by atoms with van der Waals surface area (Å²) in [6.45, 7) is 6.31. The van der Waals surface area contributed by atoms with Crippen molar-refractivity contribution in [2.45, 2.75) is 13.8 Å². The molecule has 22 heavy (non-hydrogen) atoms. The molecule has 0 atom stereocenters. The lowest BCUT2D eigenvalue weighted by Crippen LogP contribution is -2.21. The van der Waals surface area contributed by atoms with Crippen molar-refractivity contribution in [3.8, 4) is 6.07 Å². The van der Waals surface area contributed by atoms with E-state index in [1.165, 1.54) is 5.69 Å². The fraction of sp³-hybridized carbons (Fsp3) is 0.222. The van der Waals surface area contributed by atoms with Gasteiger partial charge in [-0.3, -0.25) is 5.43 Å². The second kappa shape index (κ2) is 7.84. The Morgan fingerprint density at radius 3 is 2.23 bits per heavy atom. The smallest absolute Gasteiger partial charge is 0.0991 e. The molecule has 0 aliphatic rings. The van der Waals surface area contributed by atoms with E-state index in [0.717, 1.165) is 24.3 Å². The number of hydrazone groups is 1. The summed E-state index contributed by atoms with van der Waals surface area (Å²) in [5, 5.41) is 13.0. The van der Waals surface area contributed by atoms with Crippen LogP contribution >= 0.6 is 0 Å². The number of anilines is 2. The van der Waals surface area contributed by atoms with Crippen molar-refractivity contribution in [1.29, 1.82) is 5.26 Å². The molecule has 2 aromatic carbocycles. The van der Waals surface area contributed by atoms with Crippen LogP contribution < -0.4 is 10.3 Å². The average molecular weight is 292 g/mol. The summed E-state index contributed by atoms with van der Waals surface area (Å²) in [6.07, 6.45) is 1.78. The van der Waals surface area contributed by atoms with Crippen molar-refractivity contribution in [1.82, 2.24) is 0 Å². The van der Waals surface area contributed by atoms with Gasteiger partial charge in [-0.15, -0.1) is 0 Å². The minimum atomic E-state index is 0.640. The second-order valence-corrected chi connectivity index (χ2v) is 4.82. The number of nitrogens with zero attached hydrogens (tertiary/aromatic N) is 3.